The lowest BCUT2D eigenvalue weighted by atomic mass is 10.1. The van der Waals surface area contributed by atoms with E-state index >= 15 is 0 Å². The van der Waals surface area contributed by atoms with E-state index in [-0.39, 0.29) is 11.7 Å². The Hall–Kier alpha value is -2.20. The van der Waals surface area contributed by atoms with Crippen LogP contribution in [0.1, 0.15) is 21.5 Å². The van der Waals surface area contributed by atoms with Crippen molar-refractivity contribution in [2.24, 2.45) is 5.73 Å². The third kappa shape index (κ3) is 3.42. The summed E-state index contributed by atoms with van der Waals surface area (Å²) in [5, 5.41) is 0. The number of carbonyl (C=O) groups is 1. The first kappa shape index (κ1) is 14.2. The standard InChI is InChI=1S/C16H17FN2O/c1-19(11-12-5-7-15(17)8-6-12)16(20)14-4-2-3-13(9-14)10-18/h2-9H,10-11,18H2,1H3. The van der Waals surface area contributed by atoms with Crippen LogP contribution in [0, 0.1) is 5.82 Å². The minimum Gasteiger partial charge on any atom is -0.337 e. The SMILES string of the molecule is CN(Cc1ccc(F)cc1)C(=O)c1cccc(CN)c1. The fourth-order valence-corrected chi connectivity index (χ4v) is 1.99. The predicted molar refractivity (Wildman–Crippen MR) is 76.5 cm³/mol. The topological polar surface area (TPSA) is 46.3 Å². The highest BCUT2D eigenvalue weighted by Gasteiger charge is 2.12. The molecule has 0 unspecified atom stereocenters. The average molecular weight is 272 g/mol. The van der Waals surface area contributed by atoms with Gasteiger partial charge < -0.3 is 10.6 Å². The van der Waals surface area contributed by atoms with Crippen LogP contribution in [0.4, 0.5) is 4.39 Å². The van der Waals surface area contributed by atoms with Gasteiger partial charge in [0.15, 0.2) is 0 Å². The molecule has 2 rings (SSSR count). The molecule has 0 aliphatic carbocycles. The lowest BCUT2D eigenvalue weighted by Gasteiger charge is -2.17. The third-order valence-corrected chi connectivity index (χ3v) is 3.09. The number of amides is 1. The van der Waals surface area contributed by atoms with Crippen LogP contribution in [0.25, 0.3) is 0 Å². The molecule has 0 aliphatic rings. The summed E-state index contributed by atoms with van der Waals surface area (Å²) < 4.78 is 12.8. The molecule has 0 aromatic heterocycles. The second kappa shape index (κ2) is 6.30. The van der Waals surface area contributed by atoms with E-state index in [1.807, 2.05) is 12.1 Å². The molecular formula is C16H17FN2O. The molecule has 0 spiro atoms. The van der Waals surface area contributed by atoms with Crippen molar-refractivity contribution < 1.29 is 9.18 Å². The summed E-state index contributed by atoms with van der Waals surface area (Å²) in [6.45, 7) is 0.842. The molecule has 1 amide bonds. The monoisotopic (exact) mass is 272 g/mol. The van der Waals surface area contributed by atoms with E-state index in [9.17, 15) is 9.18 Å². The van der Waals surface area contributed by atoms with Crippen molar-refractivity contribution in [2.75, 3.05) is 7.05 Å². The number of nitrogens with zero attached hydrogens (tertiary/aromatic N) is 1. The second-order valence-corrected chi connectivity index (χ2v) is 4.69. The molecule has 0 atom stereocenters. The molecule has 0 radical (unpaired) electrons. The summed E-state index contributed by atoms with van der Waals surface area (Å²) in [7, 11) is 1.72. The van der Waals surface area contributed by atoms with Gasteiger partial charge in [0.1, 0.15) is 5.82 Å². The molecule has 3 nitrogen and oxygen atoms in total. The summed E-state index contributed by atoms with van der Waals surface area (Å²) >= 11 is 0. The van der Waals surface area contributed by atoms with Gasteiger partial charge in [-0.3, -0.25) is 4.79 Å². The number of nitrogens with two attached hydrogens (primary N) is 1. The van der Waals surface area contributed by atoms with Crippen LogP contribution in [-0.4, -0.2) is 17.9 Å². The van der Waals surface area contributed by atoms with Crippen LogP contribution in [-0.2, 0) is 13.1 Å². The van der Waals surface area contributed by atoms with Crippen LogP contribution < -0.4 is 5.73 Å². The Labute approximate surface area is 117 Å². The molecule has 4 heteroatoms. The summed E-state index contributed by atoms with van der Waals surface area (Å²) in [6.07, 6.45) is 0. The Balaban J connectivity index is 2.09. The number of carbonyl (C=O) groups excluding carboxylic acids is 1. The Morgan fingerprint density at radius 1 is 1.15 bits per heavy atom. The lowest BCUT2D eigenvalue weighted by molar-refractivity contribution is 0.0785. The molecule has 20 heavy (non-hydrogen) atoms. The summed E-state index contributed by atoms with van der Waals surface area (Å²) in [5.74, 6) is -0.358. The van der Waals surface area contributed by atoms with Crippen molar-refractivity contribution in [3.63, 3.8) is 0 Å². The molecule has 0 heterocycles. The third-order valence-electron chi connectivity index (χ3n) is 3.09. The molecule has 0 fully saturated rings. The first-order valence-corrected chi connectivity index (χ1v) is 6.39. The Bertz CT molecular complexity index is 596. The van der Waals surface area contributed by atoms with E-state index in [1.165, 1.54) is 12.1 Å². The minimum atomic E-state index is -0.279. The van der Waals surface area contributed by atoms with E-state index in [1.54, 1.807) is 36.2 Å². The van der Waals surface area contributed by atoms with Gasteiger partial charge in [0, 0.05) is 25.7 Å². The van der Waals surface area contributed by atoms with Crippen LogP contribution in [0.15, 0.2) is 48.5 Å². The van der Waals surface area contributed by atoms with Crippen molar-refractivity contribution >= 4 is 5.91 Å². The Kier molecular flexibility index (Phi) is 4.48. The van der Waals surface area contributed by atoms with Gasteiger partial charge in [-0.2, -0.15) is 0 Å². The van der Waals surface area contributed by atoms with Gasteiger partial charge in [-0.1, -0.05) is 24.3 Å². The Morgan fingerprint density at radius 2 is 1.85 bits per heavy atom. The van der Waals surface area contributed by atoms with E-state index in [4.69, 9.17) is 5.73 Å². The largest absolute Gasteiger partial charge is 0.337 e. The van der Waals surface area contributed by atoms with Gasteiger partial charge >= 0.3 is 0 Å². The van der Waals surface area contributed by atoms with E-state index in [0.29, 0.717) is 18.7 Å². The highest BCUT2D eigenvalue weighted by Crippen LogP contribution is 2.11. The van der Waals surface area contributed by atoms with Gasteiger partial charge in [0.05, 0.1) is 0 Å². The molecule has 2 aromatic carbocycles. The summed E-state index contributed by atoms with van der Waals surface area (Å²) in [5.41, 5.74) is 7.99. The van der Waals surface area contributed by atoms with E-state index in [2.05, 4.69) is 0 Å². The maximum Gasteiger partial charge on any atom is 0.253 e. The fraction of sp³-hybridized carbons (Fsp3) is 0.188. The van der Waals surface area contributed by atoms with E-state index in [0.717, 1.165) is 11.1 Å². The number of hydrogen-bond acceptors (Lipinski definition) is 2. The highest BCUT2D eigenvalue weighted by atomic mass is 19.1. The van der Waals surface area contributed by atoms with Crippen LogP contribution >= 0.6 is 0 Å². The van der Waals surface area contributed by atoms with E-state index < -0.39 is 0 Å². The fourth-order valence-electron chi connectivity index (χ4n) is 1.99. The summed E-state index contributed by atoms with van der Waals surface area (Å²) in [6, 6.07) is 13.4. The van der Waals surface area contributed by atoms with Gasteiger partial charge in [0.25, 0.3) is 5.91 Å². The predicted octanol–water partition coefficient (Wildman–Crippen LogP) is 2.56. The van der Waals surface area contributed by atoms with Crippen molar-refractivity contribution in [1.82, 2.24) is 4.90 Å². The van der Waals surface area contributed by atoms with Crippen molar-refractivity contribution in [2.45, 2.75) is 13.1 Å². The molecule has 0 aliphatic heterocycles. The average Bonchev–Trinajstić information content (AvgIpc) is 2.48. The van der Waals surface area contributed by atoms with Gasteiger partial charge in [-0.25, -0.2) is 4.39 Å². The van der Waals surface area contributed by atoms with Crippen molar-refractivity contribution in [3.8, 4) is 0 Å². The van der Waals surface area contributed by atoms with Crippen molar-refractivity contribution in [3.05, 3.63) is 71.0 Å². The van der Waals surface area contributed by atoms with Crippen molar-refractivity contribution in [1.29, 1.82) is 0 Å². The maximum absolute atomic E-state index is 12.8. The highest BCUT2D eigenvalue weighted by molar-refractivity contribution is 5.94. The number of hydrogen-bond donors (Lipinski definition) is 1. The number of benzene rings is 2. The number of halogens is 1. The van der Waals surface area contributed by atoms with Gasteiger partial charge in [-0.15, -0.1) is 0 Å². The normalized spacial score (nSPS) is 10.3. The zero-order valence-electron chi connectivity index (χ0n) is 11.3. The smallest absolute Gasteiger partial charge is 0.253 e. The first-order chi connectivity index (χ1) is 9.60. The second-order valence-electron chi connectivity index (χ2n) is 4.69. The van der Waals surface area contributed by atoms with Crippen LogP contribution in [0.5, 0.6) is 0 Å². The zero-order valence-corrected chi connectivity index (χ0v) is 11.3. The molecule has 0 saturated carbocycles. The molecule has 0 bridgehead atoms. The zero-order chi connectivity index (χ0) is 14.5. The molecule has 0 saturated heterocycles. The quantitative estimate of drug-likeness (QED) is 0.929. The number of rotatable bonds is 4. The first-order valence-electron chi connectivity index (χ1n) is 6.39. The lowest BCUT2D eigenvalue weighted by Crippen LogP contribution is -2.26. The summed E-state index contributed by atoms with van der Waals surface area (Å²) in [4.78, 5) is 13.9. The van der Waals surface area contributed by atoms with Crippen LogP contribution in [0.3, 0.4) is 0 Å². The maximum atomic E-state index is 12.8. The molecular weight excluding hydrogens is 255 g/mol. The van der Waals surface area contributed by atoms with Gasteiger partial charge in [-0.05, 0) is 35.4 Å². The molecule has 2 aromatic rings. The molecule has 104 valence electrons. The minimum absolute atomic E-state index is 0.0791. The van der Waals surface area contributed by atoms with Crippen LogP contribution in [0.2, 0.25) is 0 Å². The molecule has 2 N–H and O–H groups in total. The van der Waals surface area contributed by atoms with Gasteiger partial charge in [0.2, 0.25) is 0 Å². The Morgan fingerprint density at radius 3 is 2.50 bits per heavy atom.